The molecule has 0 saturated heterocycles. The van der Waals surface area contributed by atoms with Crippen LogP contribution >= 0.6 is 0 Å². The summed E-state index contributed by atoms with van der Waals surface area (Å²) in [6.07, 6.45) is -1.23. The van der Waals surface area contributed by atoms with Crippen molar-refractivity contribution in [3.63, 3.8) is 0 Å². The molecule has 4 N–H and O–H groups in total. The van der Waals surface area contributed by atoms with Crippen LogP contribution in [0.1, 0.15) is 12.8 Å². The first kappa shape index (κ1) is 9.09. The molecular weight excluding hydrogens is 184 g/mol. The zero-order chi connectivity index (χ0) is 10.0. The molecule has 14 heavy (non-hydrogen) atoms. The van der Waals surface area contributed by atoms with Gasteiger partial charge in [-0.25, -0.2) is 0 Å². The van der Waals surface area contributed by atoms with Crippen LogP contribution in [0.15, 0.2) is 0 Å². The van der Waals surface area contributed by atoms with Gasteiger partial charge < -0.3 is 20.4 Å². The Kier molecular flexibility index (Phi) is 1.75. The summed E-state index contributed by atoms with van der Waals surface area (Å²) in [6.45, 7) is 0. The molecule has 0 aromatic heterocycles. The van der Waals surface area contributed by atoms with E-state index in [1.54, 1.807) is 0 Å². The molecule has 0 radical (unpaired) electrons. The van der Waals surface area contributed by atoms with Crippen molar-refractivity contribution >= 4 is 0 Å². The maximum Gasteiger partial charge on any atom is 0.0646 e. The highest BCUT2D eigenvalue weighted by atomic mass is 16.3. The lowest BCUT2D eigenvalue weighted by Crippen LogP contribution is -2.67. The zero-order valence-electron chi connectivity index (χ0n) is 7.82. The van der Waals surface area contributed by atoms with Crippen molar-refractivity contribution in [3.8, 4) is 0 Å². The quantitative estimate of drug-likeness (QED) is 0.392. The lowest BCUT2D eigenvalue weighted by molar-refractivity contribution is -0.247. The molecule has 0 atom stereocenters. The van der Waals surface area contributed by atoms with Crippen LogP contribution in [-0.2, 0) is 0 Å². The SMILES string of the molecule is OC1C2CC3C(O)C1CC(C2O)C3O. The maximum atomic E-state index is 9.85. The highest BCUT2D eigenvalue weighted by molar-refractivity contribution is 5.10. The molecule has 0 aliphatic heterocycles. The summed E-state index contributed by atoms with van der Waals surface area (Å²) in [6, 6.07) is 0. The lowest BCUT2D eigenvalue weighted by Gasteiger charge is -2.59. The lowest BCUT2D eigenvalue weighted by atomic mass is 9.51. The Morgan fingerprint density at radius 3 is 0.929 bits per heavy atom. The van der Waals surface area contributed by atoms with E-state index in [-0.39, 0.29) is 23.7 Å². The van der Waals surface area contributed by atoms with Gasteiger partial charge in [-0.05, 0) is 12.8 Å². The van der Waals surface area contributed by atoms with Gasteiger partial charge in [0.05, 0.1) is 24.4 Å². The Labute approximate surface area is 82.2 Å². The van der Waals surface area contributed by atoms with E-state index in [0.717, 1.165) is 0 Å². The van der Waals surface area contributed by atoms with Crippen LogP contribution < -0.4 is 0 Å². The average molecular weight is 200 g/mol. The van der Waals surface area contributed by atoms with Gasteiger partial charge in [0.15, 0.2) is 0 Å². The molecule has 80 valence electrons. The Hall–Kier alpha value is -0.160. The van der Waals surface area contributed by atoms with E-state index in [0.29, 0.717) is 12.8 Å². The molecule has 4 nitrogen and oxygen atoms in total. The van der Waals surface area contributed by atoms with Crippen LogP contribution in [0.3, 0.4) is 0 Å². The summed E-state index contributed by atoms with van der Waals surface area (Å²) in [4.78, 5) is 0. The normalized spacial score (nSPS) is 66.0. The second kappa shape index (κ2) is 2.70. The van der Waals surface area contributed by atoms with E-state index in [9.17, 15) is 20.4 Å². The van der Waals surface area contributed by atoms with E-state index in [1.807, 2.05) is 0 Å². The Morgan fingerprint density at radius 1 is 0.500 bits per heavy atom. The largest absolute Gasteiger partial charge is 0.392 e. The molecule has 0 aromatic rings. The predicted molar refractivity (Wildman–Crippen MR) is 47.2 cm³/mol. The highest BCUT2D eigenvalue weighted by Crippen LogP contribution is 2.53. The Balaban J connectivity index is 1.98. The minimum Gasteiger partial charge on any atom is -0.392 e. The van der Waals surface area contributed by atoms with Crippen molar-refractivity contribution in [2.45, 2.75) is 37.3 Å². The molecule has 4 saturated carbocycles. The summed E-state index contributed by atoms with van der Waals surface area (Å²) in [7, 11) is 0. The van der Waals surface area contributed by atoms with Gasteiger partial charge in [0.25, 0.3) is 0 Å². The fraction of sp³-hybridized carbons (Fsp3) is 1.00. The van der Waals surface area contributed by atoms with Crippen molar-refractivity contribution in [1.29, 1.82) is 0 Å². The molecule has 0 heterocycles. The monoisotopic (exact) mass is 200 g/mol. The third kappa shape index (κ3) is 0.877. The van der Waals surface area contributed by atoms with Crippen LogP contribution in [0, 0.1) is 23.7 Å². The van der Waals surface area contributed by atoms with Gasteiger partial charge in [0.1, 0.15) is 0 Å². The van der Waals surface area contributed by atoms with Gasteiger partial charge in [0, 0.05) is 23.7 Å². The summed E-state index contributed by atoms with van der Waals surface area (Å²) >= 11 is 0. The van der Waals surface area contributed by atoms with Crippen molar-refractivity contribution in [1.82, 2.24) is 0 Å². The van der Waals surface area contributed by atoms with Gasteiger partial charge >= 0.3 is 0 Å². The maximum absolute atomic E-state index is 9.85. The third-order valence-electron chi connectivity index (χ3n) is 4.60. The molecule has 4 rings (SSSR count). The smallest absolute Gasteiger partial charge is 0.0646 e. The van der Waals surface area contributed by atoms with Crippen molar-refractivity contribution in [2.75, 3.05) is 0 Å². The van der Waals surface area contributed by atoms with E-state index >= 15 is 0 Å². The topological polar surface area (TPSA) is 80.9 Å². The van der Waals surface area contributed by atoms with Crippen molar-refractivity contribution < 1.29 is 20.4 Å². The zero-order valence-corrected chi connectivity index (χ0v) is 7.82. The third-order valence-corrected chi connectivity index (χ3v) is 4.60. The van der Waals surface area contributed by atoms with Crippen LogP contribution in [-0.4, -0.2) is 44.8 Å². The summed E-state index contributed by atoms with van der Waals surface area (Å²) in [5.74, 6) is -0.516. The molecule has 4 aliphatic carbocycles. The average Bonchev–Trinajstić information content (AvgIpc) is 2.13. The molecule has 4 heteroatoms. The van der Waals surface area contributed by atoms with Gasteiger partial charge in [0.2, 0.25) is 0 Å². The fourth-order valence-electron chi connectivity index (χ4n) is 3.82. The first-order chi connectivity index (χ1) is 6.61. The van der Waals surface area contributed by atoms with Gasteiger partial charge in [-0.15, -0.1) is 0 Å². The number of rotatable bonds is 0. The number of aliphatic hydroxyl groups excluding tert-OH is 4. The minimum absolute atomic E-state index is 0.129. The van der Waals surface area contributed by atoms with E-state index in [4.69, 9.17) is 0 Å². The number of aliphatic hydroxyl groups is 4. The Bertz CT molecular complexity index is 191. The Morgan fingerprint density at radius 2 is 0.714 bits per heavy atom. The van der Waals surface area contributed by atoms with Crippen molar-refractivity contribution in [2.24, 2.45) is 23.7 Å². The molecule has 4 aliphatic rings. The first-order valence-corrected chi connectivity index (χ1v) is 5.33. The van der Waals surface area contributed by atoms with Crippen LogP contribution in [0.5, 0.6) is 0 Å². The minimum atomic E-state index is -0.583. The summed E-state index contributed by atoms with van der Waals surface area (Å²) in [5, 5.41) is 39.4. The molecule has 4 bridgehead atoms. The summed E-state index contributed by atoms with van der Waals surface area (Å²) in [5.41, 5.74) is 0. The van der Waals surface area contributed by atoms with E-state index in [2.05, 4.69) is 0 Å². The molecule has 4 fully saturated rings. The molecule has 0 unspecified atom stereocenters. The van der Waals surface area contributed by atoms with Crippen LogP contribution in [0.2, 0.25) is 0 Å². The van der Waals surface area contributed by atoms with E-state index in [1.165, 1.54) is 0 Å². The molecule has 0 spiro atoms. The van der Waals surface area contributed by atoms with Crippen LogP contribution in [0.4, 0.5) is 0 Å². The fourth-order valence-corrected chi connectivity index (χ4v) is 3.82. The van der Waals surface area contributed by atoms with Crippen LogP contribution in [0.25, 0.3) is 0 Å². The highest BCUT2D eigenvalue weighted by Gasteiger charge is 2.60. The second-order valence-electron chi connectivity index (χ2n) is 5.09. The standard InChI is InChI=1S/C10H16O4/c11-7-3-1-4-9(13)5(7)2-6(8(3)12)10(4)14/h3-14H,1-2H2. The van der Waals surface area contributed by atoms with Gasteiger partial charge in [-0.3, -0.25) is 0 Å². The number of hydrogen-bond acceptors (Lipinski definition) is 4. The molecule has 0 amide bonds. The second-order valence-corrected chi connectivity index (χ2v) is 5.09. The van der Waals surface area contributed by atoms with Crippen molar-refractivity contribution in [3.05, 3.63) is 0 Å². The van der Waals surface area contributed by atoms with E-state index < -0.39 is 24.4 Å². The predicted octanol–water partition coefficient (Wildman–Crippen LogP) is -1.28. The first-order valence-electron chi connectivity index (χ1n) is 5.33. The molecule has 0 aromatic carbocycles. The summed E-state index contributed by atoms with van der Waals surface area (Å²) < 4.78 is 0. The van der Waals surface area contributed by atoms with Gasteiger partial charge in [-0.1, -0.05) is 0 Å². The van der Waals surface area contributed by atoms with Gasteiger partial charge in [-0.2, -0.15) is 0 Å². The number of hydrogen-bond donors (Lipinski definition) is 4. The molecular formula is C10H16O4.